The Labute approximate surface area is 190 Å². The molecular weight excluding hydrogens is 422 g/mol. The predicted octanol–water partition coefficient (Wildman–Crippen LogP) is 2.50. The quantitative estimate of drug-likeness (QED) is 0.468. The number of anilines is 2. The number of benzene rings is 2. The predicted molar refractivity (Wildman–Crippen MR) is 126 cm³/mol. The van der Waals surface area contributed by atoms with Crippen molar-refractivity contribution >= 4 is 22.8 Å². The Bertz CT molecular complexity index is 1450. The third-order valence-corrected chi connectivity index (χ3v) is 6.08. The van der Waals surface area contributed by atoms with Crippen LogP contribution >= 0.6 is 0 Å². The van der Waals surface area contributed by atoms with Crippen molar-refractivity contribution in [3.05, 3.63) is 74.9 Å². The lowest BCUT2D eigenvalue weighted by Gasteiger charge is -2.30. The van der Waals surface area contributed by atoms with Gasteiger partial charge in [0, 0.05) is 26.2 Å². The molecule has 1 aliphatic rings. The lowest BCUT2D eigenvalue weighted by atomic mass is 10.2. The van der Waals surface area contributed by atoms with Crippen LogP contribution in [0.5, 0.6) is 11.5 Å². The molecule has 0 atom stereocenters. The lowest BCUT2D eigenvalue weighted by molar-refractivity contribution is 0.394. The Morgan fingerprint density at radius 3 is 2.52 bits per heavy atom. The van der Waals surface area contributed by atoms with Crippen molar-refractivity contribution in [2.75, 3.05) is 25.7 Å². The van der Waals surface area contributed by atoms with Gasteiger partial charge in [0.1, 0.15) is 11.5 Å². The van der Waals surface area contributed by atoms with E-state index in [9.17, 15) is 9.59 Å². The Balaban J connectivity index is 1.69. The fourth-order valence-corrected chi connectivity index (χ4v) is 4.41. The van der Waals surface area contributed by atoms with Crippen molar-refractivity contribution in [3.8, 4) is 11.5 Å². The summed E-state index contributed by atoms with van der Waals surface area (Å²) >= 11 is 0. The van der Waals surface area contributed by atoms with Crippen LogP contribution in [0.15, 0.2) is 58.1 Å². The van der Waals surface area contributed by atoms with Gasteiger partial charge in [-0.1, -0.05) is 30.3 Å². The molecule has 0 saturated carbocycles. The van der Waals surface area contributed by atoms with E-state index in [1.807, 2.05) is 58.0 Å². The van der Waals surface area contributed by atoms with E-state index in [-0.39, 0.29) is 17.8 Å². The zero-order chi connectivity index (χ0) is 23.1. The van der Waals surface area contributed by atoms with Gasteiger partial charge in [-0.2, -0.15) is 4.98 Å². The molecule has 9 nitrogen and oxygen atoms in total. The van der Waals surface area contributed by atoms with Gasteiger partial charge in [0.25, 0.3) is 5.56 Å². The molecule has 0 radical (unpaired) electrons. The minimum absolute atomic E-state index is 0.207. The van der Waals surface area contributed by atoms with Gasteiger partial charge in [-0.15, -0.1) is 0 Å². The first-order valence-corrected chi connectivity index (χ1v) is 10.8. The van der Waals surface area contributed by atoms with E-state index < -0.39 is 0 Å². The molecule has 3 heterocycles. The first-order chi connectivity index (χ1) is 16.0. The summed E-state index contributed by atoms with van der Waals surface area (Å²) in [6, 6.07) is 15.1. The number of nitrogens with zero attached hydrogens (tertiary/aromatic N) is 5. The number of ether oxygens (including phenoxy) is 2. The standard InChI is InChI=1S/C24H25N5O4/c1-26-21-20(22(30)29(24(26)31)15-16-8-5-4-6-9-16)28-13-7-12-27(23(28)25-21)18-11-10-17(32-2)14-19(18)33-3/h4-6,8-11,14H,7,12-13,15H2,1-3H3. The summed E-state index contributed by atoms with van der Waals surface area (Å²) < 4.78 is 15.6. The average Bonchev–Trinajstić information content (AvgIpc) is 3.25. The van der Waals surface area contributed by atoms with E-state index in [0.29, 0.717) is 41.7 Å². The van der Waals surface area contributed by atoms with Crippen molar-refractivity contribution in [3.63, 3.8) is 0 Å². The first-order valence-electron chi connectivity index (χ1n) is 10.8. The Hall–Kier alpha value is -4.01. The lowest BCUT2D eigenvalue weighted by Crippen LogP contribution is -2.40. The summed E-state index contributed by atoms with van der Waals surface area (Å²) in [6.45, 7) is 1.55. The topological polar surface area (TPSA) is 83.5 Å². The van der Waals surface area contributed by atoms with Crippen LogP contribution in [0.4, 0.5) is 11.6 Å². The highest BCUT2D eigenvalue weighted by Crippen LogP contribution is 2.38. The Morgan fingerprint density at radius 1 is 1.00 bits per heavy atom. The highest BCUT2D eigenvalue weighted by Gasteiger charge is 2.28. The first kappa shape index (κ1) is 20.9. The van der Waals surface area contributed by atoms with Gasteiger partial charge >= 0.3 is 5.69 Å². The van der Waals surface area contributed by atoms with Crippen LogP contribution in [0.3, 0.4) is 0 Å². The maximum absolute atomic E-state index is 13.5. The molecule has 0 amide bonds. The van der Waals surface area contributed by atoms with E-state index in [1.54, 1.807) is 21.3 Å². The van der Waals surface area contributed by atoms with Gasteiger partial charge < -0.3 is 18.9 Å². The molecule has 0 saturated heterocycles. The second-order valence-corrected chi connectivity index (χ2v) is 8.00. The number of methoxy groups -OCH3 is 2. The van der Waals surface area contributed by atoms with Crippen LogP contribution in [0.1, 0.15) is 12.0 Å². The number of hydrogen-bond donors (Lipinski definition) is 0. The van der Waals surface area contributed by atoms with E-state index in [4.69, 9.17) is 14.5 Å². The summed E-state index contributed by atoms with van der Waals surface area (Å²) in [4.78, 5) is 33.4. The van der Waals surface area contributed by atoms with Crippen LogP contribution in [0.25, 0.3) is 11.2 Å². The van der Waals surface area contributed by atoms with E-state index in [0.717, 1.165) is 17.7 Å². The van der Waals surface area contributed by atoms with Crippen molar-refractivity contribution in [2.45, 2.75) is 19.5 Å². The molecular formula is C24H25N5O4. The van der Waals surface area contributed by atoms with E-state index in [1.165, 1.54) is 9.13 Å². The van der Waals surface area contributed by atoms with Crippen molar-refractivity contribution in [1.29, 1.82) is 0 Å². The van der Waals surface area contributed by atoms with E-state index in [2.05, 4.69) is 0 Å². The zero-order valence-electron chi connectivity index (χ0n) is 18.8. The third kappa shape index (κ3) is 3.36. The molecule has 4 aromatic rings. The van der Waals surface area contributed by atoms with Gasteiger partial charge in [0.2, 0.25) is 5.95 Å². The number of hydrogen-bond acceptors (Lipinski definition) is 6. The fraction of sp³-hybridized carbons (Fsp3) is 0.292. The molecule has 1 aliphatic heterocycles. The smallest absolute Gasteiger partial charge is 0.332 e. The second-order valence-electron chi connectivity index (χ2n) is 8.00. The fourth-order valence-electron chi connectivity index (χ4n) is 4.41. The summed E-state index contributed by atoms with van der Waals surface area (Å²) in [5.74, 6) is 1.95. The second kappa shape index (κ2) is 8.16. The molecule has 5 rings (SSSR count). The average molecular weight is 447 g/mol. The molecule has 9 heteroatoms. The van der Waals surface area contributed by atoms with Crippen molar-refractivity contribution in [1.82, 2.24) is 18.7 Å². The highest BCUT2D eigenvalue weighted by atomic mass is 16.5. The number of aromatic nitrogens is 4. The maximum atomic E-state index is 13.5. The van der Waals surface area contributed by atoms with Gasteiger partial charge in [-0.05, 0) is 24.1 Å². The molecule has 0 N–H and O–H groups in total. The highest BCUT2D eigenvalue weighted by molar-refractivity contribution is 5.78. The summed E-state index contributed by atoms with van der Waals surface area (Å²) in [5.41, 5.74) is 1.80. The van der Waals surface area contributed by atoms with Crippen LogP contribution in [0, 0.1) is 0 Å². The zero-order valence-corrected chi connectivity index (χ0v) is 18.8. The molecule has 33 heavy (non-hydrogen) atoms. The largest absolute Gasteiger partial charge is 0.497 e. The van der Waals surface area contributed by atoms with Crippen molar-refractivity contribution < 1.29 is 9.47 Å². The molecule has 2 aromatic heterocycles. The summed E-state index contributed by atoms with van der Waals surface area (Å²) in [6.07, 6.45) is 0.814. The molecule has 0 fully saturated rings. The van der Waals surface area contributed by atoms with Gasteiger partial charge in [-0.3, -0.25) is 13.9 Å². The Kier molecular flexibility index (Phi) is 5.16. The van der Waals surface area contributed by atoms with Gasteiger partial charge in [0.15, 0.2) is 11.2 Å². The van der Waals surface area contributed by atoms with Crippen LogP contribution in [-0.2, 0) is 20.1 Å². The molecule has 0 spiro atoms. The minimum Gasteiger partial charge on any atom is -0.497 e. The number of rotatable bonds is 5. The molecule has 0 bridgehead atoms. The maximum Gasteiger partial charge on any atom is 0.332 e. The SMILES string of the molecule is COc1ccc(N2CCCn3c2nc2c3c(=O)n(Cc3ccccc3)c(=O)n2C)c(OC)c1. The molecule has 0 unspecified atom stereocenters. The third-order valence-electron chi connectivity index (χ3n) is 6.08. The minimum atomic E-state index is -0.389. The summed E-state index contributed by atoms with van der Waals surface area (Å²) in [7, 11) is 4.87. The van der Waals surface area contributed by atoms with Gasteiger partial charge in [0.05, 0.1) is 26.5 Å². The van der Waals surface area contributed by atoms with Crippen molar-refractivity contribution in [2.24, 2.45) is 7.05 Å². The van der Waals surface area contributed by atoms with E-state index >= 15 is 0 Å². The van der Waals surface area contributed by atoms with Crippen LogP contribution < -0.4 is 25.6 Å². The molecule has 0 aliphatic carbocycles. The normalized spacial score (nSPS) is 13.2. The molecule has 2 aromatic carbocycles. The monoisotopic (exact) mass is 447 g/mol. The Morgan fingerprint density at radius 2 is 1.79 bits per heavy atom. The number of imidazole rings is 1. The number of fused-ring (bicyclic) bond motifs is 3. The van der Waals surface area contributed by atoms with Gasteiger partial charge in [-0.25, -0.2) is 4.79 Å². The van der Waals surface area contributed by atoms with Crippen LogP contribution in [0.2, 0.25) is 0 Å². The van der Waals surface area contributed by atoms with Crippen LogP contribution in [-0.4, -0.2) is 39.4 Å². The summed E-state index contributed by atoms with van der Waals surface area (Å²) in [5, 5.41) is 0. The molecule has 170 valence electrons. The number of aryl methyl sites for hydroxylation is 2.